The fourth-order valence-corrected chi connectivity index (χ4v) is 2.13. The Morgan fingerprint density at radius 3 is 2.67 bits per heavy atom. The Morgan fingerprint density at radius 2 is 2.06 bits per heavy atom. The van der Waals surface area contributed by atoms with Gasteiger partial charge in [-0.1, -0.05) is 23.9 Å². The Bertz CT molecular complexity index is 558. The SMILES string of the molecule is COc1ccccc1Sc1cnc(C(=O)O)cn1. The van der Waals surface area contributed by atoms with Crippen LogP contribution in [0.25, 0.3) is 0 Å². The molecule has 0 saturated carbocycles. The summed E-state index contributed by atoms with van der Waals surface area (Å²) >= 11 is 1.37. The molecule has 18 heavy (non-hydrogen) atoms. The van der Waals surface area contributed by atoms with E-state index in [0.717, 1.165) is 10.6 Å². The van der Waals surface area contributed by atoms with Crippen LogP contribution >= 0.6 is 11.8 Å². The highest BCUT2D eigenvalue weighted by Gasteiger charge is 2.08. The summed E-state index contributed by atoms with van der Waals surface area (Å²) in [7, 11) is 1.60. The van der Waals surface area contributed by atoms with E-state index in [1.165, 1.54) is 24.2 Å². The number of carboxylic acids is 1. The van der Waals surface area contributed by atoms with Crippen LogP contribution in [-0.2, 0) is 0 Å². The summed E-state index contributed by atoms with van der Waals surface area (Å²) in [6.07, 6.45) is 2.67. The van der Waals surface area contributed by atoms with E-state index in [4.69, 9.17) is 9.84 Å². The third-order valence-electron chi connectivity index (χ3n) is 2.13. The minimum absolute atomic E-state index is 0.0700. The average molecular weight is 262 g/mol. The fraction of sp³-hybridized carbons (Fsp3) is 0.0833. The van der Waals surface area contributed by atoms with Gasteiger partial charge in [0.1, 0.15) is 10.8 Å². The van der Waals surface area contributed by atoms with Crippen LogP contribution in [0.15, 0.2) is 46.6 Å². The quantitative estimate of drug-likeness (QED) is 0.911. The van der Waals surface area contributed by atoms with Crippen LogP contribution in [0.1, 0.15) is 10.5 Å². The number of aromatic nitrogens is 2. The Hall–Kier alpha value is -2.08. The zero-order valence-electron chi connectivity index (χ0n) is 9.53. The molecule has 0 aliphatic rings. The van der Waals surface area contributed by atoms with E-state index in [-0.39, 0.29) is 5.69 Å². The lowest BCUT2D eigenvalue weighted by Gasteiger charge is -2.06. The third-order valence-corrected chi connectivity index (χ3v) is 3.11. The summed E-state index contributed by atoms with van der Waals surface area (Å²) in [4.78, 5) is 19.4. The lowest BCUT2D eigenvalue weighted by molar-refractivity contribution is 0.0689. The Kier molecular flexibility index (Phi) is 3.78. The van der Waals surface area contributed by atoms with E-state index < -0.39 is 5.97 Å². The maximum Gasteiger partial charge on any atom is 0.356 e. The van der Waals surface area contributed by atoms with Crippen molar-refractivity contribution < 1.29 is 14.6 Å². The molecule has 5 nitrogen and oxygen atoms in total. The summed E-state index contributed by atoms with van der Waals surface area (Å²) in [5.74, 6) is -0.344. The average Bonchev–Trinajstić information content (AvgIpc) is 2.40. The minimum atomic E-state index is -1.09. The van der Waals surface area contributed by atoms with Gasteiger partial charge in [-0.25, -0.2) is 14.8 Å². The minimum Gasteiger partial charge on any atom is -0.496 e. The van der Waals surface area contributed by atoms with Gasteiger partial charge in [-0.3, -0.25) is 0 Å². The molecule has 2 aromatic rings. The van der Waals surface area contributed by atoms with E-state index in [2.05, 4.69) is 9.97 Å². The Balaban J connectivity index is 2.21. The van der Waals surface area contributed by atoms with Gasteiger partial charge in [0.15, 0.2) is 5.69 Å². The molecule has 0 aliphatic heterocycles. The van der Waals surface area contributed by atoms with Gasteiger partial charge < -0.3 is 9.84 Å². The molecular formula is C12H10N2O3S. The molecule has 2 rings (SSSR count). The zero-order chi connectivity index (χ0) is 13.0. The number of para-hydroxylation sites is 1. The van der Waals surface area contributed by atoms with Crippen molar-refractivity contribution in [1.29, 1.82) is 0 Å². The monoisotopic (exact) mass is 262 g/mol. The number of rotatable bonds is 4. The summed E-state index contributed by atoms with van der Waals surface area (Å²) in [5, 5.41) is 9.33. The first-order chi connectivity index (χ1) is 8.70. The fourth-order valence-electron chi connectivity index (χ4n) is 1.30. The van der Waals surface area contributed by atoms with Crippen molar-refractivity contribution >= 4 is 17.7 Å². The van der Waals surface area contributed by atoms with Crippen LogP contribution in [0.3, 0.4) is 0 Å². The first-order valence-electron chi connectivity index (χ1n) is 5.07. The number of carbonyl (C=O) groups is 1. The first-order valence-corrected chi connectivity index (χ1v) is 5.88. The lowest BCUT2D eigenvalue weighted by Crippen LogP contribution is -2.00. The molecule has 0 radical (unpaired) electrons. The van der Waals surface area contributed by atoms with Crippen molar-refractivity contribution in [2.45, 2.75) is 9.92 Å². The molecule has 0 spiro atoms. The second-order valence-electron chi connectivity index (χ2n) is 3.30. The lowest BCUT2D eigenvalue weighted by atomic mass is 10.3. The number of hydrogen-bond donors (Lipinski definition) is 1. The van der Waals surface area contributed by atoms with E-state index >= 15 is 0 Å². The van der Waals surface area contributed by atoms with Crippen LogP contribution in [0.2, 0.25) is 0 Å². The predicted molar refractivity (Wildman–Crippen MR) is 66.1 cm³/mol. The normalized spacial score (nSPS) is 10.1. The van der Waals surface area contributed by atoms with Gasteiger partial charge in [-0.15, -0.1) is 0 Å². The summed E-state index contributed by atoms with van der Waals surface area (Å²) in [6.45, 7) is 0. The first kappa shape index (κ1) is 12.4. The topological polar surface area (TPSA) is 72.3 Å². The predicted octanol–water partition coefficient (Wildman–Crippen LogP) is 2.33. The highest BCUT2D eigenvalue weighted by molar-refractivity contribution is 7.99. The summed E-state index contributed by atoms with van der Waals surface area (Å²) in [6, 6.07) is 7.52. The number of hydrogen-bond acceptors (Lipinski definition) is 5. The second kappa shape index (κ2) is 5.50. The second-order valence-corrected chi connectivity index (χ2v) is 4.36. The molecule has 0 unspecified atom stereocenters. The summed E-state index contributed by atoms with van der Waals surface area (Å²) < 4.78 is 5.22. The molecule has 0 bridgehead atoms. The molecule has 1 aromatic heterocycles. The standard InChI is InChI=1S/C12H10N2O3S/c1-17-9-4-2-3-5-10(9)18-11-7-13-8(6-14-11)12(15)16/h2-7H,1H3,(H,15,16). The van der Waals surface area contributed by atoms with Crippen molar-refractivity contribution in [3.05, 3.63) is 42.4 Å². The van der Waals surface area contributed by atoms with Gasteiger partial charge in [-0.05, 0) is 12.1 Å². The zero-order valence-corrected chi connectivity index (χ0v) is 10.3. The number of ether oxygens (including phenoxy) is 1. The Labute approximate surface area is 108 Å². The van der Waals surface area contributed by atoms with Gasteiger partial charge in [0.2, 0.25) is 0 Å². The maximum atomic E-state index is 10.6. The molecule has 1 heterocycles. The van der Waals surface area contributed by atoms with Crippen molar-refractivity contribution in [3.8, 4) is 5.75 Å². The number of carboxylic acid groups (broad SMARTS) is 1. The molecule has 0 aliphatic carbocycles. The van der Waals surface area contributed by atoms with Crippen molar-refractivity contribution in [3.63, 3.8) is 0 Å². The van der Waals surface area contributed by atoms with E-state index in [9.17, 15) is 4.79 Å². The van der Waals surface area contributed by atoms with Gasteiger partial charge in [0.25, 0.3) is 0 Å². The largest absolute Gasteiger partial charge is 0.496 e. The van der Waals surface area contributed by atoms with Crippen LogP contribution in [-0.4, -0.2) is 28.2 Å². The smallest absolute Gasteiger partial charge is 0.356 e. The summed E-state index contributed by atoms with van der Waals surface area (Å²) in [5.41, 5.74) is -0.0700. The van der Waals surface area contributed by atoms with Gasteiger partial charge >= 0.3 is 5.97 Å². The molecule has 1 aromatic carbocycles. The van der Waals surface area contributed by atoms with Crippen molar-refractivity contribution in [2.75, 3.05) is 7.11 Å². The van der Waals surface area contributed by atoms with Crippen molar-refractivity contribution in [1.82, 2.24) is 9.97 Å². The van der Waals surface area contributed by atoms with Crippen molar-refractivity contribution in [2.24, 2.45) is 0 Å². The number of methoxy groups -OCH3 is 1. The number of aromatic carboxylic acids is 1. The molecule has 1 N–H and O–H groups in total. The number of benzene rings is 1. The third kappa shape index (κ3) is 2.78. The molecular weight excluding hydrogens is 252 g/mol. The molecule has 92 valence electrons. The maximum absolute atomic E-state index is 10.6. The van der Waals surface area contributed by atoms with Crippen LogP contribution in [0.4, 0.5) is 0 Å². The van der Waals surface area contributed by atoms with Crippen LogP contribution < -0.4 is 4.74 Å². The molecule has 0 amide bonds. The van der Waals surface area contributed by atoms with Crippen LogP contribution in [0.5, 0.6) is 5.75 Å². The van der Waals surface area contributed by atoms with Crippen LogP contribution in [0, 0.1) is 0 Å². The Morgan fingerprint density at radius 1 is 1.28 bits per heavy atom. The molecule has 0 saturated heterocycles. The number of nitrogens with zero attached hydrogens (tertiary/aromatic N) is 2. The van der Waals surface area contributed by atoms with E-state index in [0.29, 0.717) is 5.03 Å². The highest BCUT2D eigenvalue weighted by Crippen LogP contribution is 2.32. The van der Waals surface area contributed by atoms with Gasteiger partial charge in [0, 0.05) is 0 Å². The van der Waals surface area contributed by atoms with Gasteiger partial charge in [0.05, 0.1) is 24.4 Å². The highest BCUT2D eigenvalue weighted by atomic mass is 32.2. The molecule has 6 heteroatoms. The van der Waals surface area contributed by atoms with E-state index in [1.807, 2.05) is 24.3 Å². The van der Waals surface area contributed by atoms with Gasteiger partial charge in [-0.2, -0.15) is 0 Å². The molecule has 0 atom stereocenters. The molecule has 0 fully saturated rings. The van der Waals surface area contributed by atoms with E-state index in [1.54, 1.807) is 7.11 Å².